The van der Waals surface area contributed by atoms with Gasteiger partial charge in [0.25, 0.3) is 0 Å². The summed E-state index contributed by atoms with van der Waals surface area (Å²) in [6, 6.07) is 9.42. The molecule has 1 aromatic rings. The summed E-state index contributed by atoms with van der Waals surface area (Å²) in [5, 5.41) is 6.24. The Morgan fingerprint density at radius 1 is 1.06 bits per heavy atom. The summed E-state index contributed by atoms with van der Waals surface area (Å²) >= 11 is 0. The molecule has 7 nitrogen and oxygen atoms in total. The number of benzene rings is 1. The van der Waals surface area contributed by atoms with E-state index in [1.165, 1.54) is 19.3 Å². The van der Waals surface area contributed by atoms with Crippen molar-refractivity contribution in [2.45, 2.75) is 81.8 Å². The number of hydrogen-bond donors (Lipinski definition) is 3. The molecule has 1 aliphatic carbocycles. The highest BCUT2D eigenvalue weighted by atomic mass is 16.5. The normalized spacial score (nSPS) is 22.9. The third-order valence-corrected chi connectivity index (χ3v) is 7.98. The second-order valence-corrected chi connectivity index (χ2v) is 10.5. The number of carbonyl (C=O) groups is 2. The van der Waals surface area contributed by atoms with Crippen molar-refractivity contribution in [2.75, 3.05) is 32.8 Å². The molecule has 34 heavy (non-hydrogen) atoms. The zero-order valence-electron chi connectivity index (χ0n) is 20.5. The third-order valence-electron chi connectivity index (χ3n) is 7.98. The zero-order chi connectivity index (χ0) is 23.8. The van der Waals surface area contributed by atoms with Gasteiger partial charge in [0, 0.05) is 38.8 Å². The number of amides is 2. The second kappa shape index (κ2) is 12.1. The highest BCUT2D eigenvalue weighted by Gasteiger charge is 2.39. The Bertz CT molecular complexity index is 782. The molecule has 3 aliphatic rings. The van der Waals surface area contributed by atoms with Gasteiger partial charge in [-0.3, -0.25) is 9.59 Å². The van der Waals surface area contributed by atoms with Gasteiger partial charge in [0.05, 0.1) is 5.54 Å². The average molecular weight is 471 g/mol. The van der Waals surface area contributed by atoms with E-state index in [0.717, 1.165) is 70.0 Å². The summed E-state index contributed by atoms with van der Waals surface area (Å²) in [6.07, 6.45) is 9.29. The first-order valence-corrected chi connectivity index (χ1v) is 13.3. The maximum atomic E-state index is 13.3. The van der Waals surface area contributed by atoms with Crippen molar-refractivity contribution >= 4 is 11.8 Å². The van der Waals surface area contributed by atoms with E-state index in [0.29, 0.717) is 19.3 Å². The van der Waals surface area contributed by atoms with E-state index in [4.69, 9.17) is 10.5 Å². The Labute approximate surface area is 204 Å². The predicted octanol–water partition coefficient (Wildman–Crippen LogP) is 2.38. The number of rotatable bonds is 9. The molecule has 2 saturated heterocycles. The van der Waals surface area contributed by atoms with Crippen LogP contribution in [0.25, 0.3) is 0 Å². The largest absolute Gasteiger partial charge is 0.381 e. The molecule has 0 unspecified atom stereocenters. The molecule has 0 aromatic heterocycles. The molecule has 7 heteroatoms. The minimum absolute atomic E-state index is 0.0977. The summed E-state index contributed by atoms with van der Waals surface area (Å²) in [5.74, 6) is 0.503. The van der Waals surface area contributed by atoms with Crippen molar-refractivity contribution in [1.82, 2.24) is 15.5 Å². The van der Waals surface area contributed by atoms with Crippen LogP contribution in [0, 0.1) is 5.92 Å². The second-order valence-electron chi connectivity index (χ2n) is 10.5. The lowest BCUT2D eigenvalue weighted by atomic mass is 9.95. The molecule has 2 heterocycles. The van der Waals surface area contributed by atoms with E-state index in [9.17, 15) is 9.59 Å². The maximum Gasteiger partial charge on any atom is 0.243 e. The van der Waals surface area contributed by atoms with Crippen LogP contribution in [-0.4, -0.2) is 67.2 Å². The van der Waals surface area contributed by atoms with Gasteiger partial charge < -0.3 is 26.0 Å². The van der Waals surface area contributed by atoms with E-state index < -0.39 is 11.6 Å². The van der Waals surface area contributed by atoms with Gasteiger partial charge >= 0.3 is 0 Å². The molecule has 4 N–H and O–H groups in total. The first-order valence-electron chi connectivity index (χ1n) is 13.3. The van der Waals surface area contributed by atoms with Crippen LogP contribution in [0.3, 0.4) is 0 Å². The fourth-order valence-electron chi connectivity index (χ4n) is 5.60. The highest BCUT2D eigenvalue weighted by molar-refractivity contribution is 5.92. The van der Waals surface area contributed by atoms with E-state index in [1.54, 1.807) is 0 Å². The van der Waals surface area contributed by atoms with Crippen LogP contribution >= 0.6 is 0 Å². The minimum Gasteiger partial charge on any atom is -0.381 e. The Balaban J connectivity index is 1.28. The lowest BCUT2D eigenvalue weighted by Gasteiger charge is -2.34. The van der Waals surface area contributed by atoms with Crippen LogP contribution in [0.5, 0.6) is 0 Å². The molecule has 2 aliphatic heterocycles. The van der Waals surface area contributed by atoms with Crippen molar-refractivity contribution in [1.29, 1.82) is 0 Å². The number of nitrogens with zero attached hydrogens (tertiary/aromatic N) is 1. The van der Waals surface area contributed by atoms with Crippen LogP contribution < -0.4 is 16.4 Å². The monoisotopic (exact) mass is 470 g/mol. The predicted molar refractivity (Wildman–Crippen MR) is 133 cm³/mol. The number of hydrogen-bond acceptors (Lipinski definition) is 5. The van der Waals surface area contributed by atoms with E-state index >= 15 is 0 Å². The number of nitrogens with one attached hydrogen (secondary N) is 2. The van der Waals surface area contributed by atoms with Crippen molar-refractivity contribution in [2.24, 2.45) is 11.7 Å². The first-order chi connectivity index (χ1) is 16.5. The Morgan fingerprint density at radius 2 is 1.74 bits per heavy atom. The van der Waals surface area contributed by atoms with Crippen molar-refractivity contribution < 1.29 is 14.3 Å². The third kappa shape index (κ3) is 7.03. The molecule has 1 aromatic carbocycles. The lowest BCUT2D eigenvalue weighted by Crippen LogP contribution is -2.59. The van der Waals surface area contributed by atoms with Crippen LogP contribution in [0.15, 0.2) is 30.3 Å². The van der Waals surface area contributed by atoms with Crippen molar-refractivity contribution in [3.8, 4) is 0 Å². The Hall–Kier alpha value is -1.96. The van der Waals surface area contributed by atoms with Crippen LogP contribution in [0.4, 0.5) is 0 Å². The topological polar surface area (TPSA) is 96.7 Å². The van der Waals surface area contributed by atoms with Gasteiger partial charge in [-0.15, -0.1) is 0 Å². The summed E-state index contributed by atoms with van der Waals surface area (Å²) < 4.78 is 5.47. The molecule has 0 bridgehead atoms. The van der Waals surface area contributed by atoms with Crippen molar-refractivity contribution in [3.63, 3.8) is 0 Å². The quantitative estimate of drug-likeness (QED) is 0.515. The smallest absolute Gasteiger partial charge is 0.243 e. The van der Waals surface area contributed by atoms with Gasteiger partial charge in [-0.2, -0.15) is 0 Å². The number of carbonyl (C=O) groups excluding carboxylic acids is 2. The zero-order valence-corrected chi connectivity index (χ0v) is 20.5. The van der Waals surface area contributed by atoms with Gasteiger partial charge in [0.1, 0.15) is 6.04 Å². The van der Waals surface area contributed by atoms with Crippen molar-refractivity contribution in [3.05, 3.63) is 35.9 Å². The van der Waals surface area contributed by atoms with Gasteiger partial charge in [-0.1, -0.05) is 43.2 Å². The average Bonchev–Trinajstić information content (AvgIpc) is 3.32. The van der Waals surface area contributed by atoms with E-state index in [-0.39, 0.29) is 17.9 Å². The molecule has 0 radical (unpaired) electrons. The number of piperidine rings is 1. The Morgan fingerprint density at radius 3 is 2.41 bits per heavy atom. The standard InChI is InChI=1S/C27H42N4O3/c28-27(13-4-5-14-27)26(33)30-24(20-22-6-2-1-3-7-22)25(32)29-23-9-16-31(17-10-23)15-8-21-11-18-34-19-12-21/h1-3,6-7,21,23-24H,4-5,8-20,28H2,(H,29,32)(H,30,33)/t24-/m1/s1. The molecule has 3 fully saturated rings. The van der Waals surface area contributed by atoms with Crippen LogP contribution in [0.1, 0.15) is 63.4 Å². The van der Waals surface area contributed by atoms with Gasteiger partial charge in [-0.25, -0.2) is 0 Å². The lowest BCUT2D eigenvalue weighted by molar-refractivity contribution is -0.132. The van der Waals surface area contributed by atoms with Gasteiger partial charge in [-0.05, 0) is 63.0 Å². The number of likely N-dealkylation sites (tertiary alicyclic amines) is 1. The van der Waals surface area contributed by atoms with Crippen LogP contribution in [-0.2, 0) is 20.7 Å². The molecule has 0 spiro atoms. The molecular weight excluding hydrogens is 428 g/mol. The SMILES string of the molecule is NC1(C(=O)N[C@H](Cc2ccccc2)C(=O)NC2CCN(CCC3CCOCC3)CC2)CCCC1. The number of nitrogens with two attached hydrogens (primary N) is 1. The first kappa shape index (κ1) is 25.1. The molecule has 2 amide bonds. The molecule has 1 atom stereocenters. The fraction of sp³-hybridized carbons (Fsp3) is 0.704. The maximum absolute atomic E-state index is 13.3. The van der Waals surface area contributed by atoms with E-state index in [1.807, 2.05) is 30.3 Å². The molecule has 188 valence electrons. The summed E-state index contributed by atoms with van der Waals surface area (Å²) in [4.78, 5) is 28.8. The number of ether oxygens (including phenoxy) is 1. The van der Waals surface area contributed by atoms with E-state index in [2.05, 4.69) is 15.5 Å². The van der Waals surface area contributed by atoms with Gasteiger partial charge in [0.2, 0.25) is 11.8 Å². The minimum atomic E-state index is -0.842. The highest BCUT2D eigenvalue weighted by Crippen LogP contribution is 2.27. The summed E-state index contributed by atoms with van der Waals surface area (Å²) in [7, 11) is 0. The summed E-state index contributed by atoms with van der Waals surface area (Å²) in [6.45, 7) is 4.97. The fourth-order valence-corrected chi connectivity index (χ4v) is 5.60. The molecular formula is C27H42N4O3. The summed E-state index contributed by atoms with van der Waals surface area (Å²) in [5.41, 5.74) is 6.56. The Kier molecular flexibility index (Phi) is 8.98. The molecule has 1 saturated carbocycles. The molecule has 4 rings (SSSR count). The van der Waals surface area contributed by atoms with Gasteiger partial charge in [0.15, 0.2) is 0 Å². The van der Waals surface area contributed by atoms with Crippen LogP contribution in [0.2, 0.25) is 0 Å².